The predicted octanol–water partition coefficient (Wildman–Crippen LogP) is 4.35. The van der Waals surface area contributed by atoms with E-state index in [-0.39, 0.29) is 11.7 Å². The van der Waals surface area contributed by atoms with Crippen LogP contribution in [0.4, 0.5) is 5.69 Å². The van der Waals surface area contributed by atoms with Gasteiger partial charge in [0.2, 0.25) is 5.91 Å². The van der Waals surface area contributed by atoms with E-state index in [2.05, 4.69) is 5.32 Å². The molecule has 0 fully saturated rings. The molecule has 0 aliphatic carbocycles. The van der Waals surface area contributed by atoms with Crippen molar-refractivity contribution >= 4 is 40.9 Å². The Kier molecular flexibility index (Phi) is 4.66. The molecule has 2 rings (SSSR count). The van der Waals surface area contributed by atoms with Gasteiger partial charge in [-0.3, -0.25) is 4.79 Å². The van der Waals surface area contributed by atoms with Crippen LogP contribution in [0.2, 0.25) is 10.0 Å². The highest BCUT2D eigenvalue weighted by Gasteiger charge is 2.01. The molecule has 2 N–H and O–H groups in total. The van der Waals surface area contributed by atoms with Crippen LogP contribution in [0.5, 0.6) is 5.75 Å². The Hall–Kier alpha value is -1.97. The predicted molar refractivity (Wildman–Crippen MR) is 82.2 cm³/mol. The average Bonchev–Trinajstić information content (AvgIpc) is 2.40. The van der Waals surface area contributed by atoms with Gasteiger partial charge in [0, 0.05) is 27.9 Å². The molecule has 1 amide bonds. The van der Waals surface area contributed by atoms with Crippen molar-refractivity contribution in [2.45, 2.75) is 0 Å². The topological polar surface area (TPSA) is 49.3 Å². The quantitative estimate of drug-likeness (QED) is 0.828. The molecule has 0 spiro atoms. The molecule has 0 radical (unpaired) electrons. The second-order valence-electron chi connectivity index (χ2n) is 4.04. The molecule has 5 heteroatoms. The number of carbonyl (C=O) groups is 1. The number of rotatable bonds is 3. The molecule has 20 heavy (non-hydrogen) atoms. The lowest BCUT2D eigenvalue weighted by Gasteiger charge is -2.02. The Bertz CT molecular complexity index is 669. The summed E-state index contributed by atoms with van der Waals surface area (Å²) in [5.74, 6) is -0.240. The summed E-state index contributed by atoms with van der Waals surface area (Å²) >= 11 is 11.8. The fraction of sp³-hybridized carbons (Fsp3) is 0. The highest BCUT2D eigenvalue weighted by molar-refractivity contribution is 6.34. The number of amides is 1. The van der Waals surface area contributed by atoms with Crippen molar-refractivity contribution < 1.29 is 9.90 Å². The highest BCUT2D eigenvalue weighted by Crippen LogP contribution is 2.22. The van der Waals surface area contributed by atoms with Gasteiger partial charge in [-0.2, -0.15) is 0 Å². The molecule has 0 aromatic heterocycles. The minimum atomic E-state index is -0.327. The van der Waals surface area contributed by atoms with Crippen molar-refractivity contribution in [3.05, 3.63) is 64.1 Å². The van der Waals surface area contributed by atoms with Crippen molar-refractivity contribution in [3.8, 4) is 5.75 Å². The average molecular weight is 308 g/mol. The van der Waals surface area contributed by atoms with Crippen molar-refractivity contribution in [1.82, 2.24) is 0 Å². The van der Waals surface area contributed by atoms with Crippen LogP contribution in [-0.2, 0) is 4.79 Å². The Morgan fingerprint density at radius 3 is 2.70 bits per heavy atom. The van der Waals surface area contributed by atoms with E-state index >= 15 is 0 Å². The van der Waals surface area contributed by atoms with Gasteiger partial charge in [-0.15, -0.1) is 0 Å². The zero-order valence-corrected chi connectivity index (χ0v) is 11.8. The Labute approximate surface area is 126 Å². The first kappa shape index (κ1) is 14.4. The number of halogens is 2. The molecule has 102 valence electrons. The number of phenols is 1. The van der Waals surface area contributed by atoms with Gasteiger partial charge in [-0.1, -0.05) is 29.3 Å². The highest BCUT2D eigenvalue weighted by atomic mass is 35.5. The summed E-state index contributed by atoms with van der Waals surface area (Å²) in [5.41, 5.74) is 1.17. The third-order valence-electron chi connectivity index (χ3n) is 2.49. The molecule has 0 unspecified atom stereocenters. The van der Waals surface area contributed by atoms with E-state index in [0.717, 1.165) is 0 Å². The number of benzene rings is 2. The van der Waals surface area contributed by atoms with Crippen LogP contribution in [-0.4, -0.2) is 11.0 Å². The first-order valence-corrected chi connectivity index (χ1v) is 6.53. The third-order valence-corrected chi connectivity index (χ3v) is 3.07. The van der Waals surface area contributed by atoms with Crippen LogP contribution < -0.4 is 5.32 Å². The van der Waals surface area contributed by atoms with Gasteiger partial charge in [0.25, 0.3) is 0 Å². The van der Waals surface area contributed by atoms with Gasteiger partial charge < -0.3 is 10.4 Å². The third kappa shape index (κ3) is 4.02. The number of hydrogen-bond donors (Lipinski definition) is 2. The summed E-state index contributed by atoms with van der Waals surface area (Å²) in [6.07, 6.45) is 2.92. The van der Waals surface area contributed by atoms with Gasteiger partial charge in [0.05, 0.1) is 0 Å². The summed E-state index contributed by atoms with van der Waals surface area (Å²) in [7, 11) is 0. The fourth-order valence-corrected chi connectivity index (χ4v) is 1.94. The van der Waals surface area contributed by atoms with Gasteiger partial charge in [0.15, 0.2) is 0 Å². The molecule has 0 saturated carbocycles. The van der Waals surface area contributed by atoms with E-state index in [4.69, 9.17) is 23.2 Å². The van der Waals surface area contributed by atoms with E-state index in [0.29, 0.717) is 21.3 Å². The molecule has 0 heterocycles. The lowest BCUT2D eigenvalue weighted by molar-refractivity contribution is -0.111. The second kappa shape index (κ2) is 6.46. The zero-order valence-electron chi connectivity index (χ0n) is 10.3. The second-order valence-corrected chi connectivity index (χ2v) is 4.88. The normalized spacial score (nSPS) is 10.7. The van der Waals surface area contributed by atoms with Crippen LogP contribution in [0, 0.1) is 0 Å². The lowest BCUT2D eigenvalue weighted by atomic mass is 10.2. The number of carbonyl (C=O) groups excluding carboxylic acids is 1. The molecule has 0 bridgehead atoms. The molecule has 0 saturated heterocycles. The standard InChI is InChI=1S/C15H11Cl2NO2/c16-11-5-6-14(17)10(8-11)4-7-15(20)18-12-2-1-3-13(19)9-12/h1-9,19H,(H,18,20)/b7-4+. The van der Waals surface area contributed by atoms with Crippen LogP contribution in [0.1, 0.15) is 5.56 Å². The van der Waals surface area contributed by atoms with Gasteiger partial charge >= 0.3 is 0 Å². The maximum absolute atomic E-state index is 11.7. The first-order valence-electron chi connectivity index (χ1n) is 5.78. The van der Waals surface area contributed by atoms with Crippen LogP contribution in [0.15, 0.2) is 48.5 Å². The molecular weight excluding hydrogens is 297 g/mol. The van der Waals surface area contributed by atoms with E-state index in [1.165, 1.54) is 18.2 Å². The molecule has 2 aromatic carbocycles. The number of aromatic hydroxyl groups is 1. The Morgan fingerprint density at radius 1 is 1.15 bits per heavy atom. The van der Waals surface area contributed by atoms with Crippen molar-refractivity contribution in [3.63, 3.8) is 0 Å². The maximum atomic E-state index is 11.7. The van der Waals surface area contributed by atoms with Crippen LogP contribution in [0.3, 0.4) is 0 Å². The minimum absolute atomic E-state index is 0.0877. The first-order chi connectivity index (χ1) is 9.54. The molecular formula is C15H11Cl2NO2. The summed E-state index contributed by atoms with van der Waals surface area (Å²) in [4.78, 5) is 11.7. The zero-order chi connectivity index (χ0) is 14.5. The van der Waals surface area contributed by atoms with Gasteiger partial charge in [-0.25, -0.2) is 0 Å². The summed E-state index contributed by atoms with van der Waals surface area (Å²) in [6.45, 7) is 0. The van der Waals surface area contributed by atoms with Crippen molar-refractivity contribution in [2.75, 3.05) is 5.32 Å². The van der Waals surface area contributed by atoms with Gasteiger partial charge in [0.1, 0.15) is 5.75 Å². The van der Waals surface area contributed by atoms with E-state index in [9.17, 15) is 9.90 Å². The van der Waals surface area contributed by atoms with E-state index in [1.54, 1.807) is 36.4 Å². The summed E-state index contributed by atoms with van der Waals surface area (Å²) in [5, 5.41) is 13.0. The smallest absolute Gasteiger partial charge is 0.248 e. The van der Waals surface area contributed by atoms with Crippen molar-refractivity contribution in [1.29, 1.82) is 0 Å². The van der Waals surface area contributed by atoms with Crippen molar-refractivity contribution in [2.24, 2.45) is 0 Å². The molecule has 3 nitrogen and oxygen atoms in total. The maximum Gasteiger partial charge on any atom is 0.248 e. The Morgan fingerprint density at radius 2 is 1.95 bits per heavy atom. The monoisotopic (exact) mass is 307 g/mol. The lowest BCUT2D eigenvalue weighted by Crippen LogP contribution is -2.07. The van der Waals surface area contributed by atoms with Crippen LogP contribution in [0.25, 0.3) is 6.08 Å². The molecule has 0 aliphatic rings. The van der Waals surface area contributed by atoms with Crippen LogP contribution >= 0.6 is 23.2 Å². The fourth-order valence-electron chi connectivity index (χ4n) is 1.58. The SMILES string of the molecule is O=C(/C=C/c1cc(Cl)ccc1Cl)Nc1cccc(O)c1. The number of nitrogens with one attached hydrogen (secondary N) is 1. The van der Waals surface area contributed by atoms with E-state index < -0.39 is 0 Å². The largest absolute Gasteiger partial charge is 0.508 e. The summed E-state index contributed by atoms with van der Waals surface area (Å²) < 4.78 is 0. The van der Waals surface area contributed by atoms with Gasteiger partial charge in [-0.05, 0) is 42.0 Å². The summed E-state index contributed by atoms with van der Waals surface area (Å²) in [6, 6.07) is 11.3. The van der Waals surface area contributed by atoms with E-state index in [1.807, 2.05) is 0 Å². The number of hydrogen-bond acceptors (Lipinski definition) is 2. The molecule has 0 aliphatic heterocycles. The molecule has 2 aromatic rings. The number of anilines is 1. The number of phenolic OH excluding ortho intramolecular Hbond substituents is 1. The molecule has 0 atom stereocenters. The minimum Gasteiger partial charge on any atom is -0.508 e. The Balaban J connectivity index is 2.07.